The van der Waals surface area contributed by atoms with Crippen molar-refractivity contribution in [2.24, 2.45) is 5.92 Å². The van der Waals surface area contributed by atoms with E-state index in [0.29, 0.717) is 33.5 Å². The summed E-state index contributed by atoms with van der Waals surface area (Å²) in [5.74, 6) is -3.62. The van der Waals surface area contributed by atoms with Gasteiger partial charge < -0.3 is 4.90 Å². The number of nitrogens with zero attached hydrogens (tertiary/aromatic N) is 4. The van der Waals surface area contributed by atoms with Crippen LogP contribution in [0.4, 0.5) is 18.9 Å². The monoisotopic (exact) mass is 588 g/mol. The lowest BCUT2D eigenvalue weighted by Gasteiger charge is -2.31. The zero-order valence-corrected chi connectivity index (χ0v) is 22.6. The van der Waals surface area contributed by atoms with Crippen molar-refractivity contribution < 1.29 is 27.6 Å². The summed E-state index contributed by atoms with van der Waals surface area (Å²) in [6.45, 7) is 1.00. The number of benzene rings is 1. The number of halogens is 3. The van der Waals surface area contributed by atoms with Gasteiger partial charge in [0, 0.05) is 36.3 Å². The predicted molar refractivity (Wildman–Crippen MR) is 142 cm³/mol. The molecule has 208 valence electrons. The number of thioether (sulfide) groups is 1. The molecule has 3 amide bonds. The van der Waals surface area contributed by atoms with Gasteiger partial charge in [-0.2, -0.15) is 13.2 Å². The molecule has 8 nitrogen and oxygen atoms in total. The first-order chi connectivity index (χ1) is 19.2. The van der Waals surface area contributed by atoms with Crippen LogP contribution in [0.1, 0.15) is 41.2 Å². The Morgan fingerprint density at radius 1 is 1.00 bits per heavy atom. The van der Waals surface area contributed by atoms with Crippen molar-refractivity contribution in [3.63, 3.8) is 0 Å². The highest BCUT2D eigenvalue weighted by molar-refractivity contribution is 8.00. The summed E-state index contributed by atoms with van der Waals surface area (Å²) in [5, 5.41) is -0.695. The number of thiazole rings is 1. The van der Waals surface area contributed by atoms with E-state index in [1.807, 2.05) is 0 Å². The van der Waals surface area contributed by atoms with Gasteiger partial charge in [-0.3, -0.25) is 28.7 Å². The molecule has 0 spiro atoms. The zero-order valence-electron chi connectivity index (χ0n) is 21.0. The number of imide groups is 1. The maximum Gasteiger partial charge on any atom is 0.418 e. The lowest BCUT2D eigenvalue weighted by Crippen LogP contribution is -2.39. The van der Waals surface area contributed by atoms with Gasteiger partial charge >= 0.3 is 11.0 Å². The summed E-state index contributed by atoms with van der Waals surface area (Å²) in [4.78, 5) is 60.5. The standard InChI is InChI=1S/C27H23F3N4O4S2/c28-27(29,30)16-8-2-3-9-17(16)34-23(36)20-19(15-7-6-10-31-13-15)22-25(39-21(20)24(34)37)33(26(38)40-22)14-18(35)32-11-4-1-5-12-32/h2-3,6-10,13,19-21H,1,4-5,11-12,14H2/t19-,20?,21?/m1/s1. The Balaban J connectivity index is 1.44. The zero-order chi connectivity index (χ0) is 28.2. The van der Waals surface area contributed by atoms with Crippen molar-refractivity contribution in [3.8, 4) is 0 Å². The van der Waals surface area contributed by atoms with Gasteiger partial charge in [-0.15, -0.1) is 0 Å². The third-order valence-corrected chi connectivity index (χ3v) is 10.1. The molecule has 0 bridgehead atoms. The molecule has 13 heteroatoms. The molecule has 40 heavy (non-hydrogen) atoms. The van der Waals surface area contributed by atoms with Crippen molar-refractivity contribution in [2.45, 2.75) is 48.2 Å². The van der Waals surface area contributed by atoms with Crippen LogP contribution in [-0.4, -0.2) is 50.5 Å². The van der Waals surface area contributed by atoms with Gasteiger partial charge in [-0.25, -0.2) is 4.90 Å². The third kappa shape index (κ3) is 4.44. The number of carbonyl (C=O) groups is 3. The Bertz CT molecular complexity index is 1550. The van der Waals surface area contributed by atoms with Crippen LogP contribution in [0.5, 0.6) is 0 Å². The molecule has 3 atom stereocenters. The van der Waals surface area contributed by atoms with Crippen molar-refractivity contribution in [2.75, 3.05) is 18.0 Å². The molecule has 2 aromatic heterocycles. The van der Waals surface area contributed by atoms with Crippen molar-refractivity contribution in [1.82, 2.24) is 14.5 Å². The number of hydrogen-bond donors (Lipinski definition) is 0. The fraction of sp³-hybridized carbons (Fsp3) is 0.370. The summed E-state index contributed by atoms with van der Waals surface area (Å²) in [7, 11) is 0. The van der Waals surface area contributed by atoms with Gasteiger partial charge in [0.25, 0.3) is 0 Å². The third-order valence-electron chi connectivity index (χ3n) is 7.55. The van der Waals surface area contributed by atoms with Gasteiger partial charge in [0.15, 0.2) is 0 Å². The Morgan fingerprint density at radius 2 is 1.75 bits per heavy atom. The Hall–Kier alpha value is -3.45. The molecular formula is C27H23F3N4O4S2. The quantitative estimate of drug-likeness (QED) is 0.426. The topological polar surface area (TPSA) is 92.6 Å². The lowest BCUT2D eigenvalue weighted by atomic mass is 9.84. The summed E-state index contributed by atoms with van der Waals surface area (Å²) in [6.07, 6.45) is 1.09. The largest absolute Gasteiger partial charge is 0.418 e. The number of pyridine rings is 1. The van der Waals surface area contributed by atoms with Crippen molar-refractivity contribution in [3.05, 3.63) is 74.5 Å². The molecule has 0 saturated carbocycles. The summed E-state index contributed by atoms with van der Waals surface area (Å²) < 4.78 is 43.0. The van der Waals surface area contributed by atoms with E-state index in [9.17, 15) is 32.3 Å². The minimum atomic E-state index is -4.78. The van der Waals surface area contributed by atoms with Crippen molar-refractivity contribution >= 4 is 46.5 Å². The maximum atomic E-state index is 13.9. The number of aromatic nitrogens is 2. The minimum absolute atomic E-state index is 0.211. The fourth-order valence-electron chi connectivity index (χ4n) is 5.70. The summed E-state index contributed by atoms with van der Waals surface area (Å²) >= 11 is 1.87. The van der Waals surface area contributed by atoms with Crippen LogP contribution in [0, 0.1) is 5.92 Å². The van der Waals surface area contributed by atoms with E-state index >= 15 is 0 Å². The number of para-hydroxylation sites is 1. The van der Waals surface area contributed by atoms with E-state index in [-0.39, 0.29) is 12.5 Å². The first-order valence-corrected chi connectivity index (χ1v) is 14.5. The van der Waals surface area contributed by atoms with Gasteiger partial charge in [-0.05, 0) is 43.0 Å². The highest BCUT2D eigenvalue weighted by Gasteiger charge is 2.57. The second kappa shape index (κ2) is 10.2. The molecule has 0 N–H and O–H groups in total. The van der Waals surface area contributed by atoms with Gasteiger partial charge in [0.05, 0.1) is 22.2 Å². The SMILES string of the molecule is O=C(Cn1c2c(sc1=O)[C@H](c1cccnc1)C1C(=O)N(c3ccccc3C(F)(F)F)C(=O)C1S2)N1CCCCC1. The average molecular weight is 589 g/mol. The van der Waals surface area contributed by atoms with Crippen LogP contribution in [0.2, 0.25) is 0 Å². The lowest BCUT2D eigenvalue weighted by molar-refractivity contribution is -0.137. The molecule has 3 aromatic rings. The van der Waals surface area contributed by atoms with E-state index in [1.54, 1.807) is 17.0 Å². The Labute approximate surface area is 234 Å². The summed E-state index contributed by atoms with van der Waals surface area (Å²) in [6, 6.07) is 7.87. The summed E-state index contributed by atoms with van der Waals surface area (Å²) in [5.41, 5.74) is -1.05. The Kier molecular flexibility index (Phi) is 6.81. The fourth-order valence-corrected chi connectivity index (χ4v) is 8.47. The molecule has 1 aromatic carbocycles. The van der Waals surface area contributed by atoms with Crippen LogP contribution >= 0.6 is 23.1 Å². The molecule has 2 saturated heterocycles. The number of piperidine rings is 1. The van der Waals surface area contributed by atoms with Crippen molar-refractivity contribution in [1.29, 1.82) is 0 Å². The van der Waals surface area contributed by atoms with Gasteiger partial charge in [0.2, 0.25) is 17.7 Å². The Morgan fingerprint density at radius 3 is 2.45 bits per heavy atom. The van der Waals surface area contributed by atoms with Crippen LogP contribution in [0.25, 0.3) is 0 Å². The second-order valence-corrected chi connectivity index (χ2v) is 12.0. The maximum absolute atomic E-state index is 13.9. The van der Waals surface area contributed by atoms with E-state index in [0.717, 1.165) is 54.5 Å². The molecule has 2 unspecified atom stereocenters. The molecule has 5 heterocycles. The van der Waals surface area contributed by atoms with Crippen LogP contribution in [-0.2, 0) is 27.1 Å². The average Bonchev–Trinajstić information content (AvgIpc) is 3.39. The van der Waals surface area contributed by atoms with Gasteiger partial charge in [-0.1, -0.05) is 41.3 Å². The normalized spacial score (nSPS) is 22.8. The molecule has 6 rings (SSSR count). The minimum Gasteiger partial charge on any atom is -0.341 e. The van der Waals surface area contributed by atoms with E-state index in [1.165, 1.54) is 29.1 Å². The first kappa shape index (κ1) is 26.8. The van der Waals surface area contributed by atoms with Crippen LogP contribution in [0.15, 0.2) is 58.6 Å². The molecule has 0 radical (unpaired) electrons. The first-order valence-electron chi connectivity index (χ1n) is 12.8. The molecule has 3 aliphatic rings. The van der Waals surface area contributed by atoms with E-state index in [2.05, 4.69) is 4.98 Å². The number of alkyl halides is 3. The van der Waals surface area contributed by atoms with E-state index in [4.69, 9.17) is 0 Å². The number of hydrogen-bond acceptors (Lipinski definition) is 7. The smallest absolute Gasteiger partial charge is 0.341 e. The molecular weight excluding hydrogens is 565 g/mol. The highest BCUT2D eigenvalue weighted by Crippen LogP contribution is 2.54. The number of fused-ring (bicyclic) bond motifs is 2. The number of rotatable bonds is 4. The predicted octanol–water partition coefficient (Wildman–Crippen LogP) is 4.13. The van der Waals surface area contributed by atoms with Crippen LogP contribution in [0.3, 0.4) is 0 Å². The van der Waals surface area contributed by atoms with Crippen LogP contribution < -0.4 is 9.77 Å². The second-order valence-electron chi connectivity index (χ2n) is 9.92. The molecule has 2 fully saturated rings. The van der Waals surface area contributed by atoms with E-state index < -0.39 is 51.2 Å². The van der Waals surface area contributed by atoms with Gasteiger partial charge in [0.1, 0.15) is 11.8 Å². The molecule has 0 aliphatic carbocycles. The number of carbonyl (C=O) groups excluding carboxylic acids is 3. The number of amides is 3. The molecule has 3 aliphatic heterocycles. The highest BCUT2D eigenvalue weighted by atomic mass is 32.2. The number of likely N-dealkylation sites (tertiary alicyclic amines) is 1. The number of anilines is 1.